The van der Waals surface area contributed by atoms with Crippen molar-refractivity contribution in [1.29, 1.82) is 0 Å². The van der Waals surface area contributed by atoms with Crippen LogP contribution in [0.25, 0.3) is 0 Å². The van der Waals surface area contributed by atoms with Gasteiger partial charge >= 0.3 is 0 Å². The SMILES string of the molecule is CCCC(CN)C(=O)N1CCCCCCC1. The second kappa shape index (κ2) is 7.66. The van der Waals surface area contributed by atoms with E-state index in [-0.39, 0.29) is 5.92 Å². The van der Waals surface area contributed by atoms with E-state index in [4.69, 9.17) is 5.73 Å². The number of hydrogen-bond acceptors (Lipinski definition) is 2. The van der Waals surface area contributed by atoms with Crippen LogP contribution in [0, 0.1) is 5.92 Å². The molecular formula is C13H26N2O. The van der Waals surface area contributed by atoms with Gasteiger partial charge in [0.25, 0.3) is 0 Å². The molecule has 0 bridgehead atoms. The summed E-state index contributed by atoms with van der Waals surface area (Å²) in [5, 5.41) is 0. The minimum atomic E-state index is 0.0597. The smallest absolute Gasteiger partial charge is 0.226 e. The maximum Gasteiger partial charge on any atom is 0.226 e. The molecule has 1 aliphatic heterocycles. The molecule has 0 aromatic heterocycles. The van der Waals surface area contributed by atoms with Crippen molar-refractivity contribution in [2.45, 2.75) is 51.9 Å². The average Bonchev–Trinajstić information content (AvgIpc) is 2.24. The average molecular weight is 226 g/mol. The molecule has 0 spiro atoms. The van der Waals surface area contributed by atoms with E-state index in [1.165, 1.54) is 19.3 Å². The highest BCUT2D eigenvalue weighted by Gasteiger charge is 2.22. The molecule has 2 N–H and O–H groups in total. The molecule has 1 fully saturated rings. The molecule has 1 aliphatic rings. The molecule has 1 unspecified atom stereocenters. The van der Waals surface area contributed by atoms with E-state index in [0.29, 0.717) is 12.5 Å². The number of carbonyl (C=O) groups is 1. The second-order valence-corrected chi connectivity index (χ2v) is 4.81. The number of hydrogen-bond donors (Lipinski definition) is 1. The quantitative estimate of drug-likeness (QED) is 0.798. The summed E-state index contributed by atoms with van der Waals surface area (Å²) in [4.78, 5) is 14.3. The molecule has 16 heavy (non-hydrogen) atoms. The predicted molar refractivity (Wildman–Crippen MR) is 67.1 cm³/mol. The molecule has 94 valence electrons. The highest BCUT2D eigenvalue weighted by Crippen LogP contribution is 2.15. The van der Waals surface area contributed by atoms with Crippen LogP contribution < -0.4 is 5.73 Å². The number of amides is 1. The van der Waals surface area contributed by atoms with E-state index in [1.807, 2.05) is 4.90 Å². The molecule has 0 saturated carbocycles. The Bertz CT molecular complexity index is 198. The van der Waals surface area contributed by atoms with Gasteiger partial charge in [0.1, 0.15) is 0 Å². The van der Waals surface area contributed by atoms with Crippen LogP contribution in [0.2, 0.25) is 0 Å². The van der Waals surface area contributed by atoms with Crippen LogP contribution in [0.3, 0.4) is 0 Å². The second-order valence-electron chi connectivity index (χ2n) is 4.81. The summed E-state index contributed by atoms with van der Waals surface area (Å²) in [6.45, 7) is 4.50. The Morgan fingerprint density at radius 2 is 1.75 bits per heavy atom. The summed E-state index contributed by atoms with van der Waals surface area (Å²) in [7, 11) is 0. The van der Waals surface area contributed by atoms with Gasteiger partial charge in [-0.15, -0.1) is 0 Å². The van der Waals surface area contributed by atoms with Crippen molar-refractivity contribution in [2.75, 3.05) is 19.6 Å². The van der Waals surface area contributed by atoms with Crippen LogP contribution in [-0.4, -0.2) is 30.4 Å². The molecule has 1 rings (SSSR count). The van der Waals surface area contributed by atoms with Crippen molar-refractivity contribution >= 4 is 5.91 Å². The van der Waals surface area contributed by atoms with Crippen LogP contribution in [0.15, 0.2) is 0 Å². The molecule has 1 atom stereocenters. The van der Waals surface area contributed by atoms with Gasteiger partial charge in [0.05, 0.1) is 5.92 Å². The minimum absolute atomic E-state index is 0.0597. The lowest BCUT2D eigenvalue weighted by Crippen LogP contribution is -2.40. The van der Waals surface area contributed by atoms with Gasteiger partial charge in [-0.1, -0.05) is 32.6 Å². The Hall–Kier alpha value is -0.570. The van der Waals surface area contributed by atoms with Crippen molar-refractivity contribution in [3.05, 3.63) is 0 Å². The number of likely N-dealkylation sites (tertiary alicyclic amines) is 1. The molecule has 1 heterocycles. The van der Waals surface area contributed by atoms with Gasteiger partial charge in [0.2, 0.25) is 5.91 Å². The number of nitrogens with two attached hydrogens (primary N) is 1. The van der Waals surface area contributed by atoms with Gasteiger partial charge in [-0.3, -0.25) is 4.79 Å². The van der Waals surface area contributed by atoms with Gasteiger partial charge in [-0.25, -0.2) is 0 Å². The first-order chi connectivity index (χ1) is 7.79. The first-order valence-electron chi connectivity index (χ1n) is 6.78. The fourth-order valence-electron chi connectivity index (χ4n) is 2.42. The third-order valence-electron chi connectivity index (χ3n) is 3.44. The Morgan fingerprint density at radius 1 is 1.19 bits per heavy atom. The van der Waals surface area contributed by atoms with Crippen LogP contribution in [0.5, 0.6) is 0 Å². The van der Waals surface area contributed by atoms with E-state index in [0.717, 1.165) is 38.8 Å². The summed E-state index contributed by atoms with van der Waals surface area (Å²) in [5.74, 6) is 0.357. The van der Waals surface area contributed by atoms with Gasteiger partial charge in [0.15, 0.2) is 0 Å². The highest BCUT2D eigenvalue weighted by molar-refractivity contribution is 5.79. The Balaban J connectivity index is 2.47. The largest absolute Gasteiger partial charge is 0.342 e. The Morgan fingerprint density at radius 3 is 2.25 bits per heavy atom. The summed E-state index contributed by atoms with van der Waals surface area (Å²) in [6, 6.07) is 0. The molecule has 3 nitrogen and oxygen atoms in total. The Labute approximate surface area is 99.4 Å². The first kappa shape index (κ1) is 13.5. The van der Waals surface area contributed by atoms with Crippen molar-refractivity contribution < 1.29 is 4.79 Å². The molecular weight excluding hydrogens is 200 g/mol. The van der Waals surface area contributed by atoms with Crippen molar-refractivity contribution in [3.63, 3.8) is 0 Å². The standard InChI is InChI=1S/C13H26N2O/c1-2-8-12(11-14)13(16)15-9-6-4-3-5-7-10-15/h12H,2-11,14H2,1H3. The highest BCUT2D eigenvalue weighted by atomic mass is 16.2. The Kier molecular flexibility index (Phi) is 6.46. The summed E-state index contributed by atoms with van der Waals surface area (Å²) in [5.41, 5.74) is 5.69. The van der Waals surface area contributed by atoms with Crippen LogP contribution in [0.4, 0.5) is 0 Å². The topological polar surface area (TPSA) is 46.3 Å². The third kappa shape index (κ3) is 4.12. The molecule has 0 aromatic rings. The van der Waals surface area contributed by atoms with Gasteiger partial charge < -0.3 is 10.6 Å². The normalized spacial score (nSPS) is 20.0. The van der Waals surface area contributed by atoms with Crippen LogP contribution >= 0.6 is 0 Å². The van der Waals surface area contributed by atoms with Crippen LogP contribution in [-0.2, 0) is 4.79 Å². The number of rotatable bonds is 4. The van der Waals surface area contributed by atoms with E-state index < -0.39 is 0 Å². The van der Waals surface area contributed by atoms with Crippen molar-refractivity contribution in [3.8, 4) is 0 Å². The monoisotopic (exact) mass is 226 g/mol. The lowest BCUT2D eigenvalue weighted by Gasteiger charge is -2.28. The van der Waals surface area contributed by atoms with E-state index >= 15 is 0 Å². The van der Waals surface area contributed by atoms with E-state index in [1.54, 1.807) is 0 Å². The van der Waals surface area contributed by atoms with Gasteiger partial charge in [0, 0.05) is 19.6 Å². The van der Waals surface area contributed by atoms with E-state index in [2.05, 4.69) is 6.92 Å². The van der Waals surface area contributed by atoms with E-state index in [9.17, 15) is 4.79 Å². The summed E-state index contributed by atoms with van der Waals surface area (Å²) >= 11 is 0. The molecule has 1 saturated heterocycles. The summed E-state index contributed by atoms with van der Waals surface area (Å²) in [6.07, 6.45) is 8.17. The summed E-state index contributed by atoms with van der Waals surface area (Å²) < 4.78 is 0. The number of nitrogens with zero attached hydrogens (tertiary/aromatic N) is 1. The maximum atomic E-state index is 12.2. The lowest BCUT2D eigenvalue weighted by molar-refractivity contribution is -0.135. The minimum Gasteiger partial charge on any atom is -0.342 e. The van der Waals surface area contributed by atoms with Crippen molar-refractivity contribution in [1.82, 2.24) is 4.90 Å². The molecule has 0 radical (unpaired) electrons. The zero-order valence-corrected chi connectivity index (χ0v) is 10.6. The fourth-order valence-corrected chi connectivity index (χ4v) is 2.42. The molecule has 3 heteroatoms. The zero-order chi connectivity index (χ0) is 11.8. The van der Waals surface area contributed by atoms with Gasteiger partial charge in [-0.2, -0.15) is 0 Å². The molecule has 0 aromatic carbocycles. The predicted octanol–water partition coefficient (Wildman–Crippen LogP) is 2.15. The first-order valence-corrected chi connectivity index (χ1v) is 6.78. The van der Waals surface area contributed by atoms with Gasteiger partial charge in [-0.05, 0) is 19.3 Å². The maximum absolute atomic E-state index is 12.2. The fraction of sp³-hybridized carbons (Fsp3) is 0.923. The van der Waals surface area contributed by atoms with Crippen molar-refractivity contribution in [2.24, 2.45) is 11.7 Å². The van der Waals surface area contributed by atoms with Crippen LogP contribution in [0.1, 0.15) is 51.9 Å². The molecule has 0 aliphatic carbocycles. The number of carbonyl (C=O) groups excluding carboxylic acids is 1. The molecule has 1 amide bonds. The lowest BCUT2D eigenvalue weighted by atomic mass is 10.0. The third-order valence-corrected chi connectivity index (χ3v) is 3.44. The zero-order valence-electron chi connectivity index (χ0n) is 10.6.